The fraction of sp³-hybridized carbons (Fsp3) is 0.289. The second kappa shape index (κ2) is 9.95. The number of aromatic nitrogens is 6. The quantitative estimate of drug-likeness (QED) is 0.177. The summed E-state index contributed by atoms with van der Waals surface area (Å²) < 4.78 is 56.6. The smallest absolute Gasteiger partial charge is 0.435 e. The van der Waals surface area contributed by atoms with Gasteiger partial charge in [0.2, 0.25) is 11.2 Å². The Hall–Kier alpha value is -5.12. The van der Waals surface area contributed by atoms with Gasteiger partial charge in [0.15, 0.2) is 23.1 Å². The average Bonchev–Trinajstić information content (AvgIpc) is 3.80. The first-order valence-electron chi connectivity index (χ1n) is 16.6. The lowest BCUT2D eigenvalue weighted by atomic mass is 9.72. The van der Waals surface area contributed by atoms with Crippen LogP contribution in [0.5, 0.6) is 0 Å². The molecule has 0 bridgehead atoms. The zero-order chi connectivity index (χ0) is 33.0. The summed E-state index contributed by atoms with van der Waals surface area (Å²) >= 11 is 0. The lowest BCUT2D eigenvalue weighted by Gasteiger charge is -2.45. The van der Waals surface area contributed by atoms with E-state index in [1.54, 1.807) is 10.9 Å². The van der Waals surface area contributed by atoms with Crippen LogP contribution in [0.1, 0.15) is 63.3 Å². The number of fused-ring (bicyclic) bond motifs is 15. The third-order valence-electron chi connectivity index (χ3n) is 10.8. The van der Waals surface area contributed by atoms with Crippen LogP contribution in [0.15, 0.2) is 89.7 Å². The molecule has 7 nitrogen and oxygen atoms in total. The molecule has 48 heavy (non-hydrogen) atoms. The van der Waals surface area contributed by atoms with Crippen LogP contribution >= 0.6 is 0 Å². The highest BCUT2D eigenvalue weighted by atomic mass is 19.4. The van der Waals surface area contributed by atoms with Crippen molar-refractivity contribution in [1.82, 2.24) is 19.7 Å². The first-order chi connectivity index (χ1) is 23.3. The summed E-state index contributed by atoms with van der Waals surface area (Å²) in [5.41, 5.74) is 4.15. The van der Waals surface area contributed by atoms with Crippen molar-refractivity contribution in [3.8, 4) is 22.6 Å². The summed E-state index contributed by atoms with van der Waals surface area (Å²) in [5, 5.41) is 6.54. The molecule has 5 aromatic heterocycles. The number of furan rings is 1. The molecule has 9 rings (SSSR count). The van der Waals surface area contributed by atoms with E-state index in [2.05, 4.69) is 53.2 Å². The molecule has 0 saturated heterocycles. The van der Waals surface area contributed by atoms with E-state index in [9.17, 15) is 13.2 Å². The van der Waals surface area contributed by atoms with E-state index in [4.69, 9.17) is 14.4 Å². The fourth-order valence-electron chi connectivity index (χ4n) is 8.76. The first kappa shape index (κ1) is 29.1. The molecule has 1 atom stereocenters. The average molecular weight is 647 g/mol. The molecule has 7 heterocycles. The molecular weight excluding hydrogens is 613 g/mol. The summed E-state index contributed by atoms with van der Waals surface area (Å²) in [6.07, 6.45) is 5.05. The molecule has 7 aromatic rings. The van der Waals surface area contributed by atoms with E-state index in [1.165, 1.54) is 11.6 Å². The summed E-state index contributed by atoms with van der Waals surface area (Å²) in [6, 6.07) is 20.9. The van der Waals surface area contributed by atoms with E-state index < -0.39 is 23.1 Å². The normalized spacial score (nSPS) is 17.6. The predicted octanol–water partition coefficient (Wildman–Crippen LogP) is 8.09. The van der Waals surface area contributed by atoms with Crippen LogP contribution in [0, 0.1) is 0 Å². The molecule has 0 N–H and O–H groups in total. The molecule has 0 fully saturated rings. The van der Waals surface area contributed by atoms with Crippen LogP contribution in [-0.2, 0) is 23.8 Å². The maximum absolute atomic E-state index is 14.7. The maximum atomic E-state index is 14.7. The van der Waals surface area contributed by atoms with Gasteiger partial charge in [0.25, 0.3) is 5.66 Å². The third-order valence-corrected chi connectivity index (χ3v) is 10.8. The van der Waals surface area contributed by atoms with Crippen molar-refractivity contribution in [2.75, 3.05) is 0 Å². The summed E-state index contributed by atoms with van der Waals surface area (Å²) in [6.45, 7) is 6.38. The molecule has 240 valence electrons. The molecular formula is C38H33F3N6O+2. The van der Waals surface area contributed by atoms with E-state index in [0.717, 1.165) is 52.4 Å². The highest BCUT2D eigenvalue weighted by molar-refractivity contribution is 6.11. The molecule has 0 aliphatic carbocycles. The number of halogens is 3. The van der Waals surface area contributed by atoms with Crippen LogP contribution in [0.3, 0.4) is 0 Å². The molecule has 0 radical (unpaired) electrons. The lowest BCUT2D eigenvalue weighted by Crippen LogP contribution is -2.81. The number of unbranched alkanes of at least 4 members (excludes halogenated alkanes) is 1. The van der Waals surface area contributed by atoms with Crippen LogP contribution < -0.4 is 9.13 Å². The van der Waals surface area contributed by atoms with Gasteiger partial charge in [-0.3, -0.25) is 0 Å². The van der Waals surface area contributed by atoms with Crippen molar-refractivity contribution in [3.63, 3.8) is 0 Å². The SMILES string of the molecule is CCCCc1cccc2oc3c4c(ccc3c12)C1(n2nc(C(F)(F)F)cc2-c2cccc[n+]2C1(CC)CC)[n+]1c-4cnc2cccnc21. The second-order valence-corrected chi connectivity index (χ2v) is 12.9. The topological polar surface area (TPSA) is 64.5 Å². The Balaban J connectivity index is 1.52. The number of alkyl halides is 3. The molecule has 2 aliphatic rings. The van der Waals surface area contributed by atoms with Gasteiger partial charge >= 0.3 is 11.8 Å². The molecule has 0 saturated carbocycles. The van der Waals surface area contributed by atoms with Crippen molar-refractivity contribution in [1.29, 1.82) is 0 Å². The van der Waals surface area contributed by atoms with Crippen LogP contribution in [0.2, 0.25) is 0 Å². The van der Waals surface area contributed by atoms with Gasteiger partial charge in [-0.15, -0.1) is 0 Å². The van der Waals surface area contributed by atoms with E-state index >= 15 is 0 Å². The number of hydrogen-bond donors (Lipinski definition) is 0. The molecule has 1 unspecified atom stereocenters. The van der Waals surface area contributed by atoms with Gasteiger partial charge in [0.05, 0.1) is 11.8 Å². The van der Waals surface area contributed by atoms with Crippen molar-refractivity contribution >= 4 is 33.1 Å². The van der Waals surface area contributed by atoms with Gasteiger partial charge in [-0.05, 0) is 53.7 Å². The lowest BCUT2D eigenvalue weighted by molar-refractivity contribution is -0.862. The Kier molecular flexibility index (Phi) is 6.02. The number of pyridine rings is 2. The van der Waals surface area contributed by atoms with Crippen molar-refractivity contribution < 1.29 is 26.7 Å². The van der Waals surface area contributed by atoms with Crippen LogP contribution in [-0.4, -0.2) is 19.7 Å². The minimum Gasteiger partial charge on any atom is -0.455 e. The van der Waals surface area contributed by atoms with E-state index in [-0.39, 0.29) is 0 Å². The Bertz CT molecular complexity index is 2440. The standard InChI is InChI=1S/C38H33F3N6O/c1-4-7-12-23-13-10-16-30-32(23)24-17-18-25-33(34(24)48-30)29-22-43-26-14-11-19-42-35(26)46(29)37(25)36(5-2,6-3)45-20-9-8-15-27(45)28-21-31(38(39,40)41)44-47(28)37/h8-11,13-22H,4-7,12H2,1-3H3/q+2. The highest BCUT2D eigenvalue weighted by Gasteiger charge is 2.73. The van der Waals surface area contributed by atoms with E-state index in [1.807, 2.05) is 54.9 Å². The van der Waals surface area contributed by atoms with Gasteiger partial charge in [0, 0.05) is 47.4 Å². The largest absolute Gasteiger partial charge is 0.455 e. The Morgan fingerprint density at radius 3 is 2.56 bits per heavy atom. The Morgan fingerprint density at radius 2 is 1.77 bits per heavy atom. The monoisotopic (exact) mass is 646 g/mol. The molecule has 2 aliphatic heterocycles. The maximum Gasteiger partial charge on any atom is 0.435 e. The van der Waals surface area contributed by atoms with Gasteiger partial charge in [-0.2, -0.15) is 27.4 Å². The third kappa shape index (κ3) is 3.42. The Morgan fingerprint density at radius 1 is 0.917 bits per heavy atom. The minimum atomic E-state index is -4.66. The number of nitrogens with zero attached hydrogens (tertiary/aromatic N) is 6. The fourth-order valence-corrected chi connectivity index (χ4v) is 8.76. The van der Waals surface area contributed by atoms with Gasteiger partial charge in [-0.25, -0.2) is 9.67 Å². The van der Waals surface area contributed by atoms with Crippen molar-refractivity contribution in [3.05, 3.63) is 102 Å². The summed E-state index contributed by atoms with van der Waals surface area (Å²) in [4.78, 5) is 9.72. The second-order valence-electron chi connectivity index (χ2n) is 12.9. The highest BCUT2D eigenvalue weighted by Crippen LogP contribution is 2.55. The summed E-state index contributed by atoms with van der Waals surface area (Å²) in [5.74, 6) is 0. The van der Waals surface area contributed by atoms with Crippen molar-refractivity contribution in [2.24, 2.45) is 0 Å². The summed E-state index contributed by atoms with van der Waals surface area (Å²) in [7, 11) is 0. The Labute approximate surface area is 274 Å². The predicted molar refractivity (Wildman–Crippen MR) is 175 cm³/mol. The molecule has 0 amide bonds. The molecule has 10 heteroatoms. The zero-order valence-electron chi connectivity index (χ0n) is 26.8. The van der Waals surface area contributed by atoms with Gasteiger partial charge < -0.3 is 4.42 Å². The minimum absolute atomic E-state index is 0.374. The zero-order valence-corrected chi connectivity index (χ0v) is 26.8. The number of benzene rings is 2. The number of hydrogen-bond acceptors (Lipinski definition) is 4. The van der Waals surface area contributed by atoms with E-state index in [0.29, 0.717) is 41.0 Å². The molecule has 2 aromatic carbocycles. The van der Waals surface area contributed by atoms with Crippen molar-refractivity contribution in [2.45, 2.75) is 70.3 Å². The number of aryl methyl sites for hydroxylation is 1. The first-order valence-corrected chi connectivity index (χ1v) is 16.6. The van der Waals surface area contributed by atoms with Crippen LogP contribution in [0.25, 0.3) is 55.7 Å². The van der Waals surface area contributed by atoms with Crippen LogP contribution in [0.4, 0.5) is 13.2 Å². The van der Waals surface area contributed by atoms with Gasteiger partial charge in [0.1, 0.15) is 23.1 Å². The number of rotatable bonds is 5. The molecule has 1 spiro atoms. The van der Waals surface area contributed by atoms with Gasteiger partial charge in [-0.1, -0.05) is 45.4 Å².